The van der Waals surface area contributed by atoms with Gasteiger partial charge >= 0.3 is 0 Å². The fourth-order valence-corrected chi connectivity index (χ4v) is 3.49. The van der Waals surface area contributed by atoms with Gasteiger partial charge in [0.25, 0.3) is 0 Å². The van der Waals surface area contributed by atoms with Gasteiger partial charge in [-0.15, -0.1) is 0 Å². The molecule has 0 saturated heterocycles. The fraction of sp³-hybridized carbons (Fsp3) is 0.391. The average Bonchev–Trinajstić information content (AvgIpc) is 2.67. The van der Waals surface area contributed by atoms with Gasteiger partial charge in [-0.05, 0) is 62.0 Å². The van der Waals surface area contributed by atoms with Crippen LogP contribution in [0.4, 0.5) is 0 Å². The molecule has 0 aliphatic carbocycles. The fourth-order valence-electron chi connectivity index (χ4n) is 3.49. The minimum absolute atomic E-state index is 0.00427. The lowest BCUT2D eigenvalue weighted by atomic mass is 9.76. The largest absolute Gasteiger partial charge is 0.497 e. The lowest BCUT2D eigenvalue weighted by molar-refractivity contribution is 0.0105. The molecule has 146 valence electrons. The Hall–Kier alpha value is -2.30. The molecule has 4 nitrogen and oxygen atoms in total. The molecule has 2 aromatic carbocycles. The Morgan fingerprint density at radius 2 is 1.48 bits per heavy atom. The van der Waals surface area contributed by atoms with Crippen molar-refractivity contribution in [1.29, 1.82) is 0 Å². The van der Waals surface area contributed by atoms with Crippen LogP contribution in [0.3, 0.4) is 0 Å². The van der Waals surface area contributed by atoms with E-state index in [1.807, 2.05) is 75.6 Å². The van der Waals surface area contributed by atoms with Crippen LogP contribution >= 0.6 is 0 Å². The van der Waals surface area contributed by atoms with Gasteiger partial charge in [0.1, 0.15) is 17.1 Å². The van der Waals surface area contributed by atoms with E-state index in [1.54, 1.807) is 14.2 Å². The van der Waals surface area contributed by atoms with E-state index in [9.17, 15) is 5.11 Å². The number of ether oxygens (including phenoxy) is 2. The number of nitrogens with zero attached hydrogens (tertiary/aromatic N) is 1. The van der Waals surface area contributed by atoms with Gasteiger partial charge in [-0.1, -0.05) is 37.3 Å². The lowest BCUT2D eigenvalue weighted by Gasteiger charge is -2.37. The van der Waals surface area contributed by atoms with Crippen molar-refractivity contribution in [2.45, 2.75) is 19.4 Å². The molecule has 0 heterocycles. The van der Waals surface area contributed by atoms with E-state index in [-0.39, 0.29) is 5.92 Å². The van der Waals surface area contributed by atoms with Crippen LogP contribution < -0.4 is 9.47 Å². The number of rotatable bonds is 8. The van der Waals surface area contributed by atoms with Crippen molar-refractivity contribution in [3.05, 3.63) is 65.2 Å². The van der Waals surface area contributed by atoms with Gasteiger partial charge in [-0.3, -0.25) is 0 Å². The molecule has 27 heavy (non-hydrogen) atoms. The lowest BCUT2D eigenvalue weighted by Crippen LogP contribution is -2.40. The summed E-state index contributed by atoms with van der Waals surface area (Å²) in [6, 6.07) is 15.5. The molecule has 2 rings (SSSR count). The maximum absolute atomic E-state index is 11.8. The zero-order valence-electron chi connectivity index (χ0n) is 17.2. The van der Waals surface area contributed by atoms with Crippen molar-refractivity contribution in [1.82, 2.24) is 4.90 Å². The Morgan fingerprint density at radius 3 is 1.93 bits per heavy atom. The van der Waals surface area contributed by atoms with Gasteiger partial charge in [0, 0.05) is 12.5 Å². The highest BCUT2D eigenvalue weighted by atomic mass is 16.5. The highest BCUT2D eigenvalue weighted by Crippen LogP contribution is 2.38. The van der Waals surface area contributed by atoms with E-state index < -0.39 is 5.60 Å². The van der Waals surface area contributed by atoms with Gasteiger partial charge in [0.15, 0.2) is 0 Å². The molecule has 0 fully saturated rings. The standard InChI is InChI=1S/C23H31NO3/c1-17(15-19-7-11-21(26-5)12-8-19)23(25,18(2)16-24(3)4)20-9-13-22(27-6)14-10-20/h7-15,18,25H,16H2,1-6H3/b17-15+. The van der Waals surface area contributed by atoms with E-state index in [1.165, 1.54) is 0 Å². The molecular formula is C23H31NO3. The molecule has 0 saturated carbocycles. The molecule has 4 heteroatoms. The van der Waals surface area contributed by atoms with Gasteiger partial charge < -0.3 is 19.5 Å². The monoisotopic (exact) mass is 369 g/mol. The second-order valence-corrected chi connectivity index (χ2v) is 7.26. The third kappa shape index (κ3) is 4.90. The molecule has 0 spiro atoms. The molecule has 2 aromatic rings. The summed E-state index contributed by atoms with van der Waals surface area (Å²) in [4.78, 5) is 2.10. The summed E-state index contributed by atoms with van der Waals surface area (Å²) >= 11 is 0. The van der Waals surface area contributed by atoms with Crippen molar-refractivity contribution in [3.8, 4) is 11.5 Å². The number of hydrogen-bond donors (Lipinski definition) is 1. The van der Waals surface area contributed by atoms with Crippen molar-refractivity contribution in [3.63, 3.8) is 0 Å². The highest BCUT2D eigenvalue weighted by molar-refractivity contribution is 5.57. The average molecular weight is 370 g/mol. The quantitative estimate of drug-likeness (QED) is 0.757. The molecule has 1 N–H and O–H groups in total. The first kappa shape index (κ1) is 21.0. The summed E-state index contributed by atoms with van der Waals surface area (Å²) in [6.07, 6.45) is 2.04. The molecule has 0 radical (unpaired) electrons. The van der Waals surface area contributed by atoms with Gasteiger partial charge in [-0.2, -0.15) is 0 Å². The van der Waals surface area contributed by atoms with E-state index in [4.69, 9.17) is 9.47 Å². The Bertz CT molecular complexity index is 750. The zero-order chi connectivity index (χ0) is 20.0. The zero-order valence-corrected chi connectivity index (χ0v) is 17.2. The van der Waals surface area contributed by atoms with Crippen LogP contribution in [0.2, 0.25) is 0 Å². The van der Waals surface area contributed by atoms with Crippen LogP contribution in [0.5, 0.6) is 11.5 Å². The number of hydrogen-bond acceptors (Lipinski definition) is 4. The first-order chi connectivity index (χ1) is 12.8. The minimum atomic E-state index is -1.09. The van der Waals surface area contributed by atoms with Gasteiger partial charge in [-0.25, -0.2) is 0 Å². The summed E-state index contributed by atoms with van der Waals surface area (Å²) in [5, 5.41) is 11.8. The highest BCUT2D eigenvalue weighted by Gasteiger charge is 2.37. The molecule has 0 aromatic heterocycles. The van der Waals surface area contributed by atoms with Crippen LogP contribution in [0.1, 0.15) is 25.0 Å². The van der Waals surface area contributed by atoms with Crippen LogP contribution in [0, 0.1) is 5.92 Å². The molecule has 0 aliphatic rings. The third-order valence-electron chi connectivity index (χ3n) is 4.98. The maximum Gasteiger partial charge on any atom is 0.118 e. The first-order valence-electron chi connectivity index (χ1n) is 9.15. The van der Waals surface area contributed by atoms with Crippen molar-refractivity contribution in [2.24, 2.45) is 5.92 Å². The summed E-state index contributed by atoms with van der Waals surface area (Å²) in [6.45, 7) is 4.83. The minimum Gasteiger partial charge on any atom is -0.497 e. The number of aliphatic hydroxyl groups is 1. The normalized spacial score (nSPS) is 15.3. The van der Waals surface area contributed by atoms with Crippen molar-refractivity contribution in [2.75, 3.05) is 34.9 Å². The number of benzene rings is 2. The molecule has 2 atom stereocenters. The molecule has 0 amide bonds. The van der Waals surface area contributed by atoms with E-state index >= 15 is 0 Å². The molecular weight excluding hydrogens is 338 g/mol. The smallest absolute Gasteiger partial charge is 0.118 e. The second kappa shape index (κ2) is 9.07. The Balaban J connectivity index is 2.47. The van der Waals surface area contributed by atoms with E-state index in [0.717, 1.165) is 34.7 Å². The topological polar surface area (TPSA) is 41.9 Å². The second-order valence-electron chi connectivity index (χ2n) is 7.26. The Labute approximate surface area is 163 Å². The molecule has 0 aliphatic heterocycles. The van der Waals surface area contributed by atoms with Crippen LogP contribution in [-0.2, 0) is 5.60 Å². The summed E-state index contributed by atoms with van der Waals surface area (Å²) in [5.41, 5.74) is 1.70. The van der Waals surface area contributed by atoms with Gasteiger partial charge in [0.2, 0.25) is 0 Å². The SMILES string of the molecule is COc1ccc(/C=C(\C)C(O)(c2ccc(OC)cc2)C(C)CN(C)C)cc1. The predicted octanol–water partition coefficient (Wildman–Crippen LogP) is 4.19. The Kier molecular flexibility index (Phi) is 7.05. The summed E-state index contributed by atoms with van der Waals surface area (Å²) in [7, 11) is 7.34. The van der Waals surface area contributed by atoms with Crippen LogP contribution in [0.15, 0.2) is 54.1 Å². The van der Waals surface area contributed by atoms with Crippen molar-refractivity contribution >= 4 is 6.08 Å². The third-order valence-corrected chi connectivity index (χ3v) is 4.98. The van der Waals surface area contributed by atoms with Gasteiger partial charge in [0.05, 0.1) is 14.2 Å². The molecule has 0 bridgehead atoms. The summed E-state index contributed by atoms with van der Waals surface area (Å²) in [5.74, 6) is 1.59. The van der Waals surface area contributed by atoms with Crippen LogP contribution in [0.25, 0.3) is 6.08 Å². The number of methoxy groups -OCH3 is 2. The van der Waals surface area contributed by atoms with E-state index in [2.05, 4.69) is 11.8 Å². The molecule has 2 unspecified atom stereocenters. The van der Waals surface area contributed by atoms with E-state index in [0.29, 0.717) is 0 Å². The predicted molar refractivity (Wildman–Crippen MR) is 111 cm³/mol. The maximum atomic E-state index is 11.8. The van der Waals surface area contributed by atoms with Crippen LogP contribution in [-0.4, -0.2) is 44.9 Å². The Morgan fingerprint density at radius 1 is 1.00 bits per heavy atom. The first-order valence-corrected chi connectivity index (χ1v) is 9.15. The summed E-state index contributed by atoms with van der Waals surface area (Å²) < 4.78 is 10.5. The van der Waals surface area contributed by atoms with Crippen molar-refractivity contribution < 1.29 is 14.6 Å².